The van der Waals surface area contributed by atoms with E-state index in [2.05, 4.69) is 13.8 Å². The van der Waals surface area contributed by atoms with Gasteiger partial charge in [0.2, 0.25) is 0 Å². The first kappa shape index (κ1) is 9.92. The quantitative estimate of drug-likeness (QED) is 0.635. The maximum Gasteiger partial charge on any atom is 0.0802 e. The topological polar surface area (TPSA) is 29.5 Å². The van der Waals surface area contributed by atoms with Crippen molar-refractivity contribution in [1.29, 1.82) is 0 Å². The summed E-state index contributed by atoms with van der Waals surface area (Å²) in [7, 11) is 1.64. The zero-order valence-electron chi connectivity index (χ0n) is 7.13. The van der Waals surface area contributed by atoms with Gasteiger partial charge in [0.1, 0.15) is 0 Å². The number of methoxy groups -OCH3 is 1. The minimum absolute atomic E-state index is 0.0439. The third-order valence-corrected chi connectivity index (χ3v) is 1.60. The minimum Gasteiger partial charge on any atom is -0.394 e. The fourth-order valence-corrected chi connectivity index (χ4v) is 0.803. The van der Waals surface area contributed by atoms with Gasteiger partial charge in [0.15, 0.2) is 0 Å². The van der Waals surface area contributed by atoms with E-state index < -0.39 is 0 Å². The van der Waals surface area contributed by atoms with Gasteiger partial charge in [-0.25, -0.2) is 0 Å². The van der Waals surface area contributed by atoms with Crippen LogP contribution < -0.4 is 0 Å². The molecular formula is C8H18O2. The van der Waals surface area contributed by atoms with Crippen LogP contribution >= 0.6 is 0 Å². The Kier molecular flexibility index (Phi) is 5.64. The summed E-state index contributed by atoms with van der Waals surface area (Å²) < 4.78 is 5.00. The van der Waals surface area contributed by atoms with Gasteiger partial charge in [-0.3, -0.25) is 0 Å². The van der Waals surface area contributed by atoms with Crippen molar-refractivity contribution in [3.8, 4) is 0 Å². The van der Waals surface area contributed by atoms with Gasteiger partial charge in [-0.15, -0.1) is 0 Å². The van der Waals surface area contributed by atoms with E-state index in [-0.39, 0.29) is 12.7 Å². The summed E-state index contributed by atoms with van der Waals surface area (Å²) in [6.07, 6.45) is 2.13. The number of hydrogen-bond donors (Lipinski definition) is 1. The van der Waals surface area contributed by atoms with Gasteiger partial charge >= 0.3 is 0 Å². The molecule has 1 atom stereocenters. The molecule has 0 saturated heterocycles. The summed E-state index contributed by atoms with van der Waals surface area (Å²) in [6.45, 7) is 4.48. The Morgan fingerprint density at radius 1 is 1.30 bits per heavy atom. The van der Waals surface area contributed by atoms with Gasteiger partial charge in [-0.1, -0.05) is 13.8 Å². The molecule has 0 aliphatic heterocycles. The SMILES string of the molecule is COC(CO)CCC(C)C. The van der Waals surface area contributed by atoms with Crippen LogP contribution in [-0.2, 0) is 4.74 Å². The van der Waals surface area contributed by atoms with E-state index >= 15 is 0 Å². The van der Waals surface area contributed by atoms with Crippen molar-refractivity contribution in [2.24, 2.45) is 5.92 Å². The van der Waals surface area contributed by atoms with Crippen molar-refractivity contribution in [3.63, 3.8) is 0 Å². The van der Waals surface area contributed by atoms with Crippen molar-refractivity contribution in [3.05, 3.63) is 0 Å². The summed E-state index contributed by atoms with van der Waals surface area (Å²) in [5.41, 5.74) is 0. The first-order valence-corrected chi connectivity index (χ1v) is 3.84. The molecule has 2 nitrogen and oxygen atoms in total. The van der Waals surface area contributed by atoms with Crippen molar-refractivity contribution < 1.29 is 9.84 Å². The first-order valence-electron chi connectivity index (χ1n) is 3.84. The normalized spacial score (nSPS) is 14.1. The Bertz CT molecular complexity index is 67.7. The van der Waals surface area contributed by atoms with E-state index in [4.69, 9.17) is 9.84 Å². The van der Waals surface area contributed by atoms with E-state index in [9.17, 15) is 0 Å². The molecule has 2 heteroatoms. The fourth-order valence-electron chi connectivity index (χ4n) is 0.803. The molecule has 0 aromatic rings. The second-order valence-corrected chi connectivity index (χ2v) is 3.01. The molecule has 0 fully saturated rings. The number of rotatable bonds is 5. The van der Waals surface area contributed by atoms with Gasteiger partial charge in [-0.05, 0) is 18.8 Å². The van der Waals surface area contributed by atoms with Crippen LogP contribution in [0.4, 0.5) is 0 Å². The fraction of sp³-hybridized carbons (Fsp3) is 1.00. The van der Waals surface area contributed by atoms with E-state index in [1.54, 1.807) is 7.11 Å². The Morgan fingerprint density at radius 3 is 2.20 bits per heavy atom. The number of hydrogen-bond acceptors (Lipinski definition) is 2. The molecule has 1 N–H and O–H groups in total. The lowest BCUT2D eigenvalue weighted by molar-refractivity contribution is 0.0397. The van der Waals surface area contributed by atoms with E-state index in [0.29, 0.717) is 5.92 Å². The molecule has 0 amide bonds. The molecule has 1 unspecified atom stereocenters. The molecular weight excluding hydrogens is 128 g/mol. The smallest absolute Gasteiger partial charge is 0.0802 e. The lowest BCUT2D eigenvalue weighted by Gasteiger charge is -2.12. The monoisotopic (exact) mass is 146 g/mol. The highest BCUT2D eigenvalue weighted by Crippen LogP contribution is 2.07. The van der Waals surface area contributed by atoms with E-state index in [1.807, 2.05) is 0 Å². The molecule has 0 heterocycles. The molecule has 0 aliphatic rings. The number of aliphatic hydroxyl groups excluding tert-OH is 1. The molecule has 0 spiro atoms. The number of aliphatic hydroxyl groups is 1. The van der Waals surface area contributed by atoms with Crippen LogP contribution in [0.25, 0.3) is 0 Å². The highest BCUT2D eigenvalue weighted by atomic mass is 16.5. The largest absolute Gasteiger partial charge is 0.394 e. The average Bonchev–Trinajstić information content (AvgIpc) is 1.90. The van der Waals surface area contributed by atoms with Crippen LogP contribution in [0.2, 0.25) is 0 Å². The summed E-state index contributed by atoms with van der Waals surface area (Å²) in [5, 5.41) is 8.71. The van der Waals surface area contributed by atoms with Crippen LogP contribution in [-0.4, -0.2) is 24.9 Å². The van der Waals surface area contributed by atoms with Gasteiger partial charge < -0.3 is 9.84 Å². The molecule has 0 aromatic carbocycles. The molecule has 0 radical (unpaired) electrons. The summed E-state index contributed by atoms with van der Waals surface area (Å²) in [6, 6.07) is 0. The molecule has 0 rings (SSSR count). The lowest BCUT2D eigenvalue weighted by Crippen LogP contribution is -2.15. The van der Waals surface area contributed by atoms with Crippen LogP contribution in [0.5, 0.6) is 0 Å². The maximum absolute atomic E-state index is 8.71. The van der Waals surface area contributed by atoms with Crippen LogP contribution in [0.1, 0.15) is 26.7 Å². The first-order chi connectivity index (χ1) is 4.70. The van der Waals surface area contributed by atoms with E-state index in [0.717, 1.165) is 12.8 Å². The van der Waals surface area contributed by atoms with Gasteiger partial charge in [0.25, 0.3) is 0 Å². The number of ether oxygens (including phenoxy) is 1. The third-order valence-electron chi connectivity index (χ3n) is 1.60. The predicted molar refractivity (Wildman–Crippen MR) is 42.0 cm³/mol. The Labute approximate surface area is 63.2 Å². The van der Waals surface area contributed by atoms with Crippen LogP contribution in [0, 0.1) is 5.92 Å². The maximum atomic E-state index is 8.71. The Hall–Kier alpha value is -0.0800. The van der Waals surface area contributed by atoms with Crippen molar-refractivity contribution in [2.75, 3.05) is 13.7 Å². The summed E-state index contributed by atoms with van der Waals surface area (Å²) >= 11 is 0. The zero-order valence-corrected chi connectivity index (χ0v) is 7.13. The Balaban J connectivity index is 3.26. The molecule has 10 heavy (non-hydrogen) atoms. The van der Waals surface area contributed by atoms with Gasteiger partial charge in [0, 0.05) is 7.11 Å². The highest BCUT2D eigenvalue weighted by molar-refractivity contribution is 4.56. The van der Waals surface area contributed by atoms with Crippen molar-refractivity contribution >= 4 is 0 Å². The molecule has 0 bridgehead atoms. The standard InChI is InChI=1S/C8H18O2/c1-7(2)4-5-8(6-9)10-3/h7-9H,4-6H2,1-3H3. The van der Waals surface area contributed by atoms with Gasteiger partial charge in [-0.2, -0.15) is 0 Å². The van der Waals surface area contributed by atoms with Crippen molar-refractivity contribution in [1.82, 2.24) is 0 Å². The van der Waals surface area contributed by atoms with Crippen molar-refractivity contribution in [2.45, 2.75) is 32.8 Å². The third kappa shape index (κ3) is 4.77. The summed E-state index contributed by atoms with van der Waals surface area (Å²) in [5.74, 6) is 0.698. The average molecular weight is 146 g/mol. The van der Waals surface area contributed by atoms with Crippen LogP contribution in [0.15, 0.2) is 0 Å². The predicted octanol–water partition coefficient (Wildman–Crippen LogP) is 1.43. The minimum atomic E-state index is 0.0439. The molecule has 62 valence electrons. The molecule has 0 saturated carbocycles. The van der Waals surface area contributed by atoms with E-state index in [1.165, 1.54) is 0 Å². The molecule has 0 aromatic heterocycles. The Morgan fingerprint density at radius 2 is 1.90 bits per heavy atom. The highest BCUT2D eigenvalue weighted by Gasteiger charge is 2.05. The van der Waals surface area contributed by atoms with Gasteiger partial charge in [0.05, 0.1) is 12.7 Å². The second-order valence-electron chi connectivity index (χ2n) is 3.01. The van der Waals surface area contributed by atoms with Crippen LogP contribution in [0.3, 0.4) is 0 Å². The second kappa shape index (κ2) is 5.69. The zero-order chi connectivity index (χ0) is 7.98. The summed E-state index contributed by atoms with van der Waals surface area (Å²) in [4.78, 5) is 0. The molecule has 0 aliphatic carbocycles. The lowest BCUT2D eigenvalue weighted by atomic mass is 10.1.